The van der Waals surface area contributed by atoms with E-state index in [0.29, 0.717) is 19.6 Å². The second-order valence-electron chi connectivity index (χ2n) is 5.49. The van der Waals surface area contributed by atoms with Crippen molar-refractivity contribution in [3.8, 4) is 11.3 Å². The summed E-state index contributed by atoms with van der Waals surface area (Å²) in [6.45, 7) is 2.91. The third-order valence-electron chi connectivity index (χ3n) is 4.08. The Morgan fingerprint density at radius 1 is 1.23 bits per heavy atom. The van der Waals surface area contributed by atoms with E-state index in [-0.39, 0.29) is 12.0 Å². The van der Waals surface area contributed by atoms with Crippen LogP contribution in [-0.4, -0.2) is 36.1 Å². The summed E-state index contributed by atoms with van der Waals surface area (Å²) in [6.07, 6.45) is 2.25. The molecular weight excluding hydrogens is 276 g/mol. The first kappa shape index (κ1) is 14.7. The van der Waals surface area contributed by atoms with Gasteiger partial charge in [0.05, 0.1) is 11.7 Å². The third kappa shape index (κ3) is 2.62. The molecule has 4 nitrogen and oxygen atoms in total. The van der Waals surface area contributed by atoms with Gasteiger partial charge < -0.3 is 4.74 Å². The van der Waals surface area contributed by atoms with E-state index in [9.17, 15) is 4.79 Å². The van der Waals surface area contributed by atoms with E-state index in [1.54, 1.807) is 6.92 Å². The number of carbonyl (C=O) groups is 1. The van der Waals surface area contributed by atoms with Gasteiger partial charge in [0.2, 0.25) is 0 Å². The maximum Gasteiger partial charge on any atom is 0.305 e. The normalized spacial score (nSPS) is 15.5. The maximum absolute atomic E-state index is 11.3. The van der Waals surface area contributed by atoms with Crippen LogP contribution in [0.1, 0.15) is 30.5 Å². The van der Waals surface area contributed by atoms with Crippen LogP contribution < -0.4 is 0 Å². The van der Waals surface area contributed by atoms with E-state index in [0.717, 1.165) is 5.69 Å². The quantitative estimate of drug-likeness (QED) is 0.795. The number of carbonyl (C=O) groups excluding carboxylic acids is 1. The number of pyridine rings is 1. The van der Waals surface area contributed by atoms with Gasteiger partial charge >= 0.3 is 5.97 Å². The number of esters is 1. The molecule has 0 aliphatic heterocycles. The fraction of sp³-hybridized carbons (Fsp3) is 0.333. The molecule has 0 saturated carbocycles. The molecule has 0 spiro atoms. The van der Waals surface area contributed by atoms with Crippen LogP contribution in [0.15, 0.2) is 42.6 Å². The predicted octanol–water partition coefficient (Wildman–Crippen LogP) is 3.04. The Balaban J connectivity index is 1.82. The van der Waals surface area contributed by atoms with Crippen molar-refractivity contribution in [2.24, 2.45) is 0 Å². The zero-order valence-corrected chi connectivity index (χ0v) is 13.0. The highest BCUT2D eigenvalue weighted by molar-refractivity contribution is 5.75. The van der Waals surface area contributed by atoms with E-state index in [2.05, 4.69) is 41.2 Å². The second kappa shape index (κ2) is 6.28. The first-order valence-corrected chi connectivity index (χ1v) is 7.62. The van der Waals surface area contributed by atoms with E-state index in [4.69, 9.17) is 4.74 Å². The number of rotatable bonds is 5. The highest BCUT2D eigenvalue weighted by Crippen LogP contribution is 2.44. The van der Waals surface area contributed by atoms with Crippen LogP contribution in [0, 0.1) is 0 Å². The fourth-order valence-electron chi connectivity index (χ4n) is 2.99. The highest BCUT2D eigenvalue weighted by Gasteiger charge is 2.31. The lowest BCUT2D eigenvalue weighted by Gasteiger charge is -2.25. The molecule has 1 aliphatic rings. The Kier molecular flexibility index (Phi) is 4.20. The Bertz CT molecular complexity index is 639. The molecule has 1 aromatic heterocycles. The van der Waals surface area contributed by atoms with Crippen LogP contribution in [0.2, 0.25) is 0 Å². The van der Waals surface area contributed by atoms with Gasteiger partial charge in [-0.2, -0.15) is 0 Å². The van der Waals surface area contributed by atoms with Gasteiger partial charge in [-0.05, 0) is 18.7 Å². The Morgan fingerprint density at radius 2 is 2.00 bits per heavy atom. The average Bonchev–Trinajstić information content (AvgIpc) is 2.89. The van der Waals surface area contributed by atoms with Crippen LogP contribution in [0.25, 0.3) is 11.3 Å². The Morgan fingerprint density at radius 3 is 2.82 bits per heavy atom. The zero-order valence-electron chi connectivity index (χ0n) is 13.0. The lowest BCUT2D eigenvalue weighted by Crippen LogP contribution is -2.28. The van der Waals surface area contributed by atoms with Gasteiger partial charge in [-0.1, -0.05) is 37.3 Å². The lowest BCUT2D eigenvalue weighted by molar-refractivity contribution is -0.143. The standard InChI is InChI=1S/C18H20N2O2/c1-3-16(21)22-12-11-20(2)18-14-8-5-4-7-13(14)17-15(18)9-6-10-19-17/h4-10,18H,3,11-12H2,1-2H3. The van der Waals surface area contributed by atoms with Crippen molar-refractivity contribution in [2.45, 2.75) is 19.4 Å². The van der Waals surface area contributed by atoms with Crippen LogP contribution >= 0.6 is 0 Å². The molecule has 0 saturated heterocycles. The molecule has 1 heterocycles. The Labute approximate surface area is 130 Å². The van der Waals surface area contributed by atoms with Crippen molar-refractivity contribution < 1.29 is 9.53 Å². The molecule has 0 radical (unpaired) electrons. The molecule has 1 atom stereocenters. The van der Waals surface area contributed by atoms with E-state index >= 15 is 0 Å². The van der Waals surface area contributed by atoms with Crippen LogP contribution in [0.3, 0.4) is 0 Å². The molecule has 0 bridgehead atoms. The van der Waals surface area contributed by atoms with Gasteiger partial charge in [0.25, 0.3) is 0 Å². The summed E-state index contributed by atoms with van der Waals surface area (Å²) in [5.41, 5.74) is 4.73. The number of fused-ring (bicyclic) bond motifs is 3. The zero-order chi connectivity index (χ0) is 15.5. The first-order chi connectivity index (χ1) is 10.7. The fourth-order valence-corrected chi connectivity index (χ4v) is 2.99. The minimum Gasteiger partial charge on any atom is -0.464 e. The predicted molar refractivity (Wildman–Crippen MR) is 85.4 cm³/mol. The third-order valence-corrected chi connectivity index (χ3v) is 4.08. The number of benzene rings is 1. The SMILES string of the molecule is CCC(=O)OCCN(C)C1c2ccccc2-c2ncccc21. The van der Waals surface area contributed by atoms with Crippen LogP contribution in [0.4, 0.5) is 0 Å². The van der Waals surface area contributed by atoms with Gasteiger partial charge in [-0.25, -0.2) is 0 Å². The van der Waals surface area contributed by atoms with Gasteiger partial charge in [-0.15, -0.1) is 0 Å². The topological polar surface area (TPSA) is 42.4 Å². The van der Waals surface area contributed by atoms with Crippen molar-refractivity contribution in [1.29, 1.82) is 0 Å². The summed E-state index contributed by atoms with van der Waals surface area (Å²) in [4.78, 5) is 18.0. The molecule has 0 amide bonds. The molecule has 2 aromatic rings. The molecule has 1 aliphatic carbocycles. The number of hydrogen-bond donors (Lipinski definition) is 0. The van der Waals surface area contributed by atoms with Gasteiger partial charge in [0.1, 0.15) is 6.61 Å². The first-order valence-electron chi connectivity index (χ1n) is 7.62. The smallest absolute Gasteiger partial charge is 0.305 e. The van der Waals surface area contributed by atoms with Crippen molar-refractivity contribution in [3.05, 3.63) is 53.7 Å². The van der Waals surface area contributed by atoms with Crippen LogP contribution in [-0.2, 0) is 9.53 Å². The van der Waals surface area contributed by atoms with E-state index in [1.165, 1.54) is 16.7 Å². The minimum atomic E-state index is -0.151. The molecule has 0 N–H and O–H groups in total. The molecule has 1 unspecified atom stereocenters. The summed E-state index contributed by atoms with van der Waals surface area (Å²) in [5, 5.41) is 0. The number of nitrogens with zero attached hydrogens (tertiary/aromatic N) is 2. The van der Waals surface area contributed by atoms with Gasteiger partial charge in [0.15, 0.2) is 0 Å². The number of ether oxygens (including phenoxy) is 1. The Hall–Kier alpha value is -2.20. The summed E-state index contributed by atoms with van der Waals surface area (Å²) < 4.78 is 5.20. The highest BCUT2D eigenvalue weighted by atomic mass is 16.5. The van der Waals surface area contributed by atoms with E-state index in [1.807, 2.05) is 18.3 Å². The van der Waals surface area contributed by atoms with Crippen molar-refractivity contribution >= 4 is 5.97 Å². The maximum atomic E-state index is 11.3. The second-order valence-corrected chi connectivity index (χ2v) is 5.49. The van der Waals surface area contributed by atoms with E-state index < -0.39 is 0 Å². The summed E-state index contributed by atoms with van der Waals surface area (Å²) in [7, 11) is 2.06. The molecular formula is C18H20N2O2. The monoisotopic (exact) mass is 296 g/mol. The van der Waals surface area contributed by atoms with Crippen molar-refractivity contribution in [3.63, 3.8) is 0 Å². The van der Waals surface area contributed by atoms with Crippen molar-refractivity contribution in [1.82, 2.24) is 9.88 Å². The number of hydrogen-bond acceptors (Lipinski definition) is 4. The summed E-state index contributed by atoms with van der Waals surface area (Å²) in [6, 6.07) is 12.6. The van der Waals surface area contributed by atoms with Crippen LogP contribution in [0.5, 0.6) is 0 Å². The summed E-state index contributed by atoms with van der Waals surface area (Å²) >= 11 is 0. The molecule has 0 fully saturated rings. The number of likely N-dealkylation sites (N-methyl/N-ethyl adjacent to an activating group) is 1. The molecule has 22 heavy (non-hydrogen) atoms. The van der Waals surface area contributed by atoms with Gasteiger partial charge in [0, 0.05) is 30.3 Å². The molecule has 1 aromatic carbocycles. The van der Waals surface area contributed by atoms with Crippen molar-refractivity contribution in [2.75, 3.05) is 20.2 Å². The molecule has 114 valence electrons. The number of aromatic nitrogens is 1. The summed E-state index contributed by atoms with van der Waals surface area (Å²) in [5.74, 6) is -0.151. The largest absolute Gasteiger partial charge is 0.464 e. The molecule has 4 heteroatoms. The van der Waals surface area contributed by atoms with Gasteiger partial charge in [-0.3, -0.25) is 14.7 Å². The lowest BCUT2D eigenvalue weighted by atomic mass is 10.0. The average molecular weight is 296 g/mol. The minimum absolute atomic E-state index is 0.151. The molecule has 3 rings (SSSR count).